The van der Waals surface area contributed by atoms with E-state index in [2.05, 4.69) is 26.7 Å². The highest BCUT2D eigenvalue weighted by Crippen LogP contribution is 2.34. The Bertz CT molecular complexity index is 962. The minimum absolute atomic E-state index is 0.0871. The summed E-state index contributed by atoms with van der Waals surface area (Å²) < 4.78 is 1.92. The van der Waals surface area contributed by atoms with E-state index in [4.69, 9.17) is 0 Å². The lowest BCUT2D eigenvalue weighted by atomic mass is 9.98. The van der Waals surface area contributed by atoms with Crippen LogP contribution in [0.4, 0.5) is 22.1 Å². The number of likely N-dealkylation sites (N-methyl/N-ethyl adjacent to an activating group) is 1. The molecule has 3 aliphatic rings. The molecular formula is C21H26N6O2. The number of nitrogens with one attached hydrogen (secondary N) is 2. The van der Waals surface area contributed by atoms with Crippen LogP contribution in [0.5, 0.6) is 0 Å². The maximum absolute atomic E-state index is 12.3. The molecule has 0 saturated heterocycles. The normalized spacial score (nSPS) is 18.7. The highest BCUT2D eigenvalue weighted by molar-refractivity contribution is 5.97. The molecule has 152 valence electrons. The van der Waals surface area contributed by atoms with Gasteiger partial charge in [0.2, 0.25) is 0 Å². The molecule has 8 nitrogen and oxygen atoms in total. The molecule has 3 amide bonds. The second-order valence-electron chi connectivity index (χ2n) is 8.16. The van der Waals surface area contributed by atoms with Crippen LogP contribution in [0.1, 0.15) is 41.6 Å². The molecule has 1 aromatic heterocycles. The third kappa shape index (κ3) is 3.32. The van der Waals surface area contributed by atoms with Crippen molar-refractivity contribution in [1.29, 1.82) is 0 Å². The zero-order valence-electron chi connectivity index (χ0n) is 16.6. The second-order valence-corrected chi connectivity index (χ2v) is 8.16. The Labute approximate surface area is 169 Å². The van der Waals surface area contributed by atoms with E-state index in [9.17, 15) is 9.59 Å². The summed E-state index contributed by atoms with van der Waals surface area (Å²) in [5, 5.41) is 10.4. The van der Waals surface area contributed by atoms with Crippen molar-refractivity contribution >= 4 is 29.3 Å². The molecule has 0 atom stereocenters. The van der Waals surface area contributed by atoms with E-state index < -0.39 is 0 Å². The number of carbonyl (C=O) groups excluding carboxylic acids is 2. The van der Waals surface area contributed by atoms with E-state index in [0.29, 0.717) is 5.82 Å². The molecule has 0 unspecified atom stereocenters. The average Bonchev–Trinajstić information content (AvgIpc) is 3.42. The topological polar surface area (TPSA) is 82.5 Å². The predicted molar refractivity (Wildman–Crippen MR) is 111 cm³/mol. The van der Waals surface area contributed by atoms with Crippen molar-refractivity contribution in [1.82, 2.24) is 20.0 Å². The van der Waals surface area contributed by atoms with Gasteiger partial charge in [-0.2, -0.15) is 5.10 Å². The average molecular weight is 394 g/mol. The van der Waals surface area contributed by atoms with Gasteiger partial charge in [-0.25, -0.2) is 9.48 Å². The van der Waals surface area contributed by atoms with Crippen LogP contribution in [0.15, 0.2) is 24.3 Å². The lowest BCUT2D eigenvalue weighted by Gasteiger charge is -2.26. The third-order valence-electron chi connectivity index (χ3n) is 6.20. The van der Waals surface area contributed by atoms with E-state index in [0.717, 1.165) is 61.5 Å². The van der Waals surface area contributed by atoms with Crippen molar-refractivity contribution in [3.8, 4) is 0 Å². The SMILES string of the molecule is CN1CCc2cc(N3CCn4nc(NC(=O)NC5CCCC5)cc43)ccc2C1=O. The molecule has 1 aromatic carbocycles. The summed E-state index contributed by atoms with van der Waals surface area (Å²) in [6.45, 7) is 2.33. The molecule has 0 spiro atoms. The van der Waals surface area contributed by atoms with Crippen LogP contribution in [-0.2, 0) is 13.0 Å². The molecule has 3 heterocycles. The number of hydrogen-bond acceptors (Lipinski definition) is 4. The maximum Gasteiger partial charge on any atom is 0.320 e. The number of rotatable bonds is 3. The van der Waals surface area contributed by atoms with Gasteiger partial charge in [-0.15, -0.1) is 0 Å². The van der Waals surface area contributed by atoms with Gasteiger partial charge in [-0.05, 0) is 43.0 Å². The molecule has 29 heavy (non-hydrogen) atoms. The van der Waals surface area contributed by atoms with Gasteiger partial charge < -0.3 is 15.1 Å². The van der Waals surface area contributed by atoms with Gasteiger partial charge in [0.25, 0.3) is 5.91 Å². The molecule has 1 aliphatic carbocycles. The van der Waals surface area contributed by atoms with Crippen LogP contribution in [0.25, 0.3) is 0 Å². The summed E-state index contributed by atoms with van der Waals surface area (Å²) in [5.41, 5.74) is 2.95. The predicted octanol–water partition coefficient (Wildman–Crippen LogP) is 2.73. The van der Waals surface area contributed by atoms with Gasteiger partial charge in [-0.3, -0.25) is 10.1 Å². The molecule has 8 heteroatoms. The van der Waals surface area contributed by atoms with Gasteiger partial charge in [0.05, 0.1) is 6.54 Å². The first-order valence-corrected chi connectivity index (χ1v) is 10.4. The van der Waals surface area contributed by atoms with E-state index in [1.807, 2.05) is 29.9 Å². The van der Waals surface area contributed by atoms with E-state index in [1.165, 1.54) is 12.8 Å². The molecule has 2 aromatic rings. The zero-order chi connectivity index (χ0) is 20.0. The molecular weight excluding hydrogens is 368 g/mol. The number of benzene rings is 1. The van der Waals surface area contributed by atoms with Gasteiger partial charge in [0, 0.05) is 43.5 Å². The Hall–Kier alpha value is -3.03. The summed E-state index contributed by atoms with van der Waals surface area (Å²) >= 11 is 0. The molecule has 2 aliphatic heterocycles. The van der Waals surface area contributed by atoms with Crippen LogP contribution < -0.4 is 15.5 Å². The van der Waals surface area contributed by atoms with Gasteiger partial charge in [0.1, 0.15) is 5.82 Å². The Morgan fingerprint density at radius 1 is 1.14 bits per heavy atom. The number of carbonyl (C=O) groups is 2. The number of amides is 3. The van der Waals surface area contributed by atoms with Gasteiger partial charge in [-0.1, -0.05) is 12.8 Å². The molecule has 1 saturated carbocycles. The zero-order valence-corrected chi connectivity index (χ0v) is 16.6. The van der Waals surface area contributed by atoms with Crippen LogP contribution in [0.3, 0.4) is 0 Å². The Morgan fingerprint density at radius 2 is 1.97 bits per heavy atom. The molecule has 0 bridgehead atoms. The van der Waals surface area contributed by atoms with Crippen molar-refractivity contribution in [2.45, 2.75) is 44.7 Å². The monoisotopic (exact) mass is 394 g/mol. The smallest absolute Gasteiger partial charge is 0.320 e. The number of aromatic nitrogens is 2. The maximum atomic E-state index is 12.3. The highest BCUT2D eigenvalue weighted by atomic mass is 16.2. The van der Waals surface area contributed by atoms with Crippen molar-refractivity contribution in [3.05, 3.63) is 35.4 Å². The second kappa shape index (κ2) is 7.09. The van der Waals surface area contributed by atoms with Crippen LogP contribution in [0, 0.1) is 0 Å². The van der Waals surface area contributed by atoms with Crippen molar-refractivity contribution in [2.75, 3.05) is 30.4 Å². The molecule has 5 rings (SSSR count). The fourth-order valence-electron chi connectivity index (χ4n) is 4.59. The van der Waals surface area contributed by atoms with Gasteiger partial charge in [0.15, 0.2) is 5.82 Å². The van der Waals surface area contributed by atoms with E-state index in [-0.39, 0.29) is 18.0 Å². The van der Waals surface area contributed by atoms with E-state index >= 15 is 0 Å². The van der Waals surface area contributed by atoms with Crippen LogP contribution in [-0.4, -0.2) is 52.8 Å². The first kappa shape index (κ1) is 18.0. The number of urea groups is 1. The molecule has 0 radical (unpaired) electrons. The van der Waals surface area contributed by atoms with Crippen LogP contribution >= 0.6 is 0 Å². The summed E-state index contributed by atoms with van der Waals surface area (Å²) in [4.78, 5) is 28.5. The minimum atomic E-state index is -0.184. The van der Waals surface area contributed by atoms with Crippen molar-refractivity contribution in [2.24, 2.45) is 0 Å². The third-order valence-corrected chi connectivity index (χ3v) is 6.20. The quantitative estimate of drug-likeness (QED) is 0.839. The lowest BCUT2D eigenvalue weighted by molar-refractivity contribution is 0.0781. The number of nitrogens with zero attached hydrogens (tertiary/aromatic N) is 4. The minimum Gasteiger partial charge on any atom is -0.341 e. The van der Waals surface area contributed by atoms with Crippen molar-refractivity contribution < 1.29 is 9.59 Å². The largest absolute Gasteiger partial charge is 0.341 e. The lowest BCUT2D eigenvalue weighted by Crippen LogP contribution is -2.36. The number of hydrogen-bond donors (Lipinski definition) is 2. The first-order chi connectivity index (χ1) is 14.1. The Balaban J connectivity index is 1.32. The fraction of sp³-hybridized carbons (Fsp3) is 0.476. The van der Waals surface area contributed by atoms with Gasteiger partial charge >= 0.3 is 6.03 Å². The Kier molecular flexibility index (Phi) is 4.41. The summed E-state index contributed by atoms with van der Waals surface area (Å²) in [7, 11) is 1.84. The van der Waals surface area contributed by atoms with E-state index in [1.54, 1.807) is 4.90 Å². The summed E-state index contributed by atoms with van der Waals surface area (Å²) in [5.74, 6) is 1.61. The number of fused-ring (bicyclic) bond motifs is 2. The van der Waals surface area contributed by atoms with Crippen LogP contribution in [0.2, 0.25) is 0 Å². The first-order valence-electron chi connectivity index (χ1n) is 10.4. The molecule has 2 N–H and O–H groups in total. The number of anilines is 3. The summed E-state index contributed by atoms with van der Waals surface area (Å²) in [6.07, 6.45) is 5.34. The van der Waals surface area contributed by atoms with Crippen molar-refractivity contribution in [3.63, 3.8) is 0 Å². The highest BCUT2D eigenvalue weighted by Gasteiger charge is 2.27. The Morgan fingerprint density at radius 3 is 2.79 bits per heavy atom. The fourth-order valence-corrected chi connectivity index (χ4v) is 4.59. The standard InChI is InChI=1S/C21H26N6O2/c1-25-9-8-14-12-16(6-7-17(14)20(25)28)26-10-11-27-19(26)13-18(24-27)23-21(29)22-15-4-2-3-5-15/h6-7,12-13,15H,2-5,8-11H2,1H3,(H2,22,23,24,29). The summed E-state index contributed by atoms with van der Waals surface area (Å²) in [6, 6.07) is 8.05. The molecule has 1 fully saturated rings.